The minimum absolute atomic E-state index is 0.113. The maximum absolute atomic E-state index is 12.2. The fraction of sp³-hybridized carbons (Fsp3) is 0.385. The number of likely N-dealkylation sites (N-methyl/N-ethyl adjacent to an activating group) is 1. The number of nitrogens with zero attached hydrogens (tertiary/aromatic N) is 4. The van der Waals surface area contributed by atoms with Crippen LogP contribution in [0.15, 0.2) is 29.1 Å². The number of aliphatic hydroxyl groups excluding tert-OH is 1. The van der Waals surface area contributed by atoms with Crippen LogP contribution in [0.3, 0.4) is 0 Å². The minimum atomic E-state index is -0.344. The number of aromatic nitrogens is 3. The highest BCUT2D eigenvalue weighted by Gasteiger charge is 2.14. The second-order valence-electron chi connectivity index (χ2n) is 4.27. The molecule has 7 nitrogen and oxygen atoms in total. The monoisotopic (exact) mass is 276 g/mol. The lowest BCUT2D eigenvalue weighted by Crippen LogP contribution is -2.39. The molecule has 2 rings (SSSR count). The zero-order valence-corrected chi connectivity index (χ0v) is 11.2. The van der Waals surface area contributed by atoms with Crippen molar-refractivity contribution in [3.05, 3.63) is 34.6 Å². The van der Waals surface area contributed by atoms with Crippen molar-refractivity contribution in [1.82, 2.24) is 19.9 Å². The van der Waals surface area contributed by atoms with E-state index in [0.29, 0.717) is 17.4 Å². The lowest BCUT2D eigenvalue weighted by Gasteiger charge is -2.19. The molecule has 1 aromatic heterocycles. The normalized spacial score (nSPS) is 10.7. The molecule has 0 saturated carbocycles. The highest BCUT2D eigenvalue weighted by atomic mass is 16.3. The number of hydrogen-bond acceptors (Lipinski definition) is 5. The third-order valence-electron chi connectivity index (χ3n) is 3.02. The van der Waals surface area contributed by atoms with E-state index < -0.39 is 0 Å². The van der Waals surface area contributed by atoms with Gasteiger partial charge in [-0.1, -0.05) is 17.3 Å². The summed E-state index contributed by atoms with van der Waals surface area (Å²) in [7, 11) is 0. The van der Waals surface area contributed by atoms with Gasteiger partial charge in [-0.3, -0.25) is 9.59 Å². The molecule has 0 bridgehead atoms. The summed E-state index contributed by atoms with van der Waals surface area (Å²) in [6.07, 6.45) is 0. The summed E-state index contributed by atoms with van der Waals surface area (Å²) < 4.78 is 1.05. The molecule has 0 spiro atoms. The molecule has 0 aliphatic rings. The van der Waals surface area contributed by atoms with Crippen LogP contribution in [0.1, 0.15) is 6.92 Å². The summed E-state index contributed by atoms with van der Waals surface area (Å²) in [5.41, 5.74) is 0.160. The Morgan fingerprint density at radius 1 is 1.40 bits per heavy atom. The minimum Gasteiger partial charge on any atom is -0.395 e. The number of aliphatic hydroxyl groups is 1. The van der Waals surface area contributed by atoms with E-state index in [0.717, 1.165) is 4.68 Å². The van der Waals surface area contributed by atoms with Crippen LogP contribution in [0.5, 0.6) is 0 Å². The summed E-state index contributed by atoms with van der Waals surface area (Å²) in [4.78, 5) is 25.6. The highest BCUT2D eigenvalue weighted by Crippen LogP contribution is 2.03. The van der Waals surface area contributed by atoms with Crippen LogP contribution in [0.2, 0.25) is 0 Å². The summed E-state index contributed by atoms with van der Waals surface area (Å²) in [6, 6.07) is 6.85. The maximum Gasteiger partial charge on any atom is 0.278 e. The SMILES string of the molecule is CCN(CCO)C(=O)Cn1nnc2ccccc2c1=O. The first-order valence-corrected chi connectivity index (χ1v) is 6.38. The Labute approximate surface area is 115 Å². The van der Waals surface area contributed by atoms with Gasteiger partial charge in [-0.2, -0.15) is 0 Å². The van der Waals surface area contributed by atoms with Gasteiger partial charge >= 0.3 is 0 Å². The van der Waals surface area contributed by atoms with Crippen LogP contribution in [-0.4, -0.2) is 50.6 Å². The second-order valence-corrected chi connectivity index (χ2v) is 4.27. The molecule has 0 saturated heterocycles. The van der Waals surface area contributed by atoms with Crippen LogP contribution < -0.4 is 5.56 Å². The van der Waals surface area contributed by atoms with Crippen LogP contribution >= 0.6 is 0 Å². The smallest absolute Gasteiger partial charge is 0.278 e. The van der Waals surface area contributed by atoms with E-state index in [1.165, 1.54) is 4.90 Å². The van der Waals surface area contributed by atoms with Gasteiger partial charge in [0.1, 0.15) is 12.1 Å². The zero-order valence-electron chi connectivity index (χ0n) is 11.2. The van der Waals surface area contributed by atoms with Gasteiger partial charge in [0, 0.05) is 13.1 Å². The van der Waals surface area contributed by atoms with Crippen LogP contribution in [0, 0.1) is 0 Å². The van der Waals surface area contributed by atoms with Crippen LogP contribution in [0.4, 0.5) is 0 Å². The molecule has 7 heteroatoms. The van der Waals surface area contributed by atoms with E-state index in [9.17, 15) is 9.59 Å². The first kappa shape index (κ1) is 14.1. The summed E-state index contributed by atoms with van der Waals surface area (Å²) in [6.45, 7) is 2.23. The molecule has 1 heterocycles. The predicted octanol–water partition coefficient (Wildman–Crippen LogP) is -0.368. The van der Waals surface area contributed by atoms with E-state index in [1.807, 2.05) is 6.92 Å². The Morgan fingerprint density at radius 3 is 2.85 bits per heavy atom. The molecule has 2 aromatic rings. The van der Waals surface area contributed by atoms with Crippen LogP contribution in [-0.2, 0) is 11.3 Å². The molecule has 20 heavy (non-hydrogen) atoms. The Balaban J connectivity index is 2.28. The molecule has 1 amide bonds. The van der Waals surface area contributed by atoms with E-state index in [4.69, 9.17) is 5.11 Å². The second kappa shape index (κ2) is 6.25. The molecular weight excluding hydrogens is 260 g/mol. The molecule has 0 atom stereocenters. The average Bonchev–Trinajstić information content (AvgIpc) is 2.47. The number of fused-ring (bicyclic) bond motifs is 1. The third kappa shape index (κ3) is 2.83. The van der Waals surface area contributed by atoms with E-state index in [-0.39, 0.29) is 31.2 Å². The van der Waals surface area contributed by atoms with Gasteiger partial charge in [0.15, 0.2) is 0 Å². The van der Waals surface area contributed by atoms with Gasteiger partial charge in [0.2, 0.25) is 5.91 Å². The fourth-order valence-corrected chi connectivity index (χ4v) is 1.93. The lowest BCUT2D eigenvalue weighted by molar-refractivity contribution is -0.132. The van der Waals surface area contributed by atoms with Gasteiger partial charge in [-0.15, -0.1) is 5.10 Å². The molecule has 1 aromatic carbocycles. The van der Waals surface area contributed by atoms with Crippen LogP contribution in [0.25, 0.3) is 10.9 Å². The van der Waals surface area contributed by atoms with Crippen molar-refractivity contribution < 1.29 is 9.90 Å². The first-order valence-electron chi connectivity index (χ1n) is 6.38. The summed E-state index contributed by atoms with van der Waals surface area (Å²) in [5.74, 6) is -0.270. The summed E-state index contributed by atoms with van der Waals surface area (Å²) in [5, 5.41) is 17.0. The third-order valence-corrected chi connectivity index (χ3v) is 3.02. The molecule has 106 valence electrons. The molecule has 0 aliphatic carbocycles. The Bertz CT molecular complexity index is 668. The van der Waals surface area contributed by atoms with Gasteiger partial charge in [-0.05, 0) is 19.1 Å². The van der Waals surface area contributed by atoms with E-state index >= 15 is 0 Å². The molecule has 0 unspecified atom stereocenters. The first-order chi connectivity index (χ1) is 9.67. The van der Waals surface area contributed by atoms with Crippen molar-refractivity contribution in [2.24, 2.45) is 0 Å². The van der Waals surface area contributed by atoms with Crippen molar-refractivity contribution in [2.75, 3.05) is 19.7 Å². The molecule has 1 N–H and O–H groups in total. The van der Waals surface area contributed by atoms with Crippen molar-refractivity contribution in [1.29, 1.82) is 0 Å². The predicted molar refractivity (Wildman–Crippen MR) is 73.1 cm³/mol. The molecular formula is C13H16N4O3. The number of rotatable bonds is 5. The van der Waals surface area contributed by atoms with Gasteiger partial charge in [0.25, 0.3) is 5.56 Å². The topological polar surface area (TPSA) is 88.3 Å². The molecule has 0 fully saturated rings. The van der Waals surface area contributed by atoms with Crippen molar-refractivity contribution in [3.8, 4) is 0 Å². The number of hydrogen-bond donors (Lipinski definition) is 1. The lowest BCUT2D eigenvalue weighted by atomic mass is 10.2. The van der Waals surface area contributed by atoms with Crippen molar-refractivity contribution >= 4 is 16.8 Å². The largest absolute Gasteiger partial charge is 0.395 e. The Hall–Kier alpha value is -2.28. The number of carbonyl (C=O) groups excluding carboxylic acids is 1. The van der Waals surface area contributed by atoms with E-state index in [2.05, 4.69) is 10.3 Å². The average molecular weight is 276 g/mol. The quantitative estimate of drug-likeness (QED) is 0.805. The maximum atomic E-state index is 12.2. The highest BCUT2D eigenvalue weighted by molar-refractivity contribution is 5.78. The number of amides is 1. The van der Waals surface area contributed by atoms with Crippen molar-refractivity contribution in [2.45, 2.75) is 13.5 Å². The van der Waals surface area contributed by atoms with Crippen molar-refractivity contribution in [3.63, 3.8) is 0 Å². The standard InChI is InChI=1S/C13H16N4O3/c1-2-16(7-8-18)12(19)9-17-13(20)10-5-3-4-6-11(10)14-15-17/h3-6,18H,2,7-9H2,1H3. The zero-order chi connectivity index (χ0) is 14.5. The molecule has 0 radical (unpaired) electrons. The fourth-order valence-electron chi connectivity index (χ4n) is 1.93. The Morgan fingerprint density at radius 2 is 2.15 bits per heavy atom. The summed E-state index contributed by atoms with van der Waals surface area (Å²) >= 11 is 0. The van der Waals surface area contributed by atoms with Gasteiger partial charge in [-0.25, -0.2) is 4.68 Å². The van der Waals surface area contributed by atoms with Gasteiger partial charge < -0.3 is 10.0 Å². The Kier molecular flexibility index (Phi) is 4.41. The van der Waals surface area contributed by atoms with Gasteiger partial charge in [0.05, 0.1) is 12.0 Å². The van der Waals surface area contributed by atoms with E-state index in [1.54, 1.807) is 24.3 Å². The number of benzene rings is 1. The molecule has 0 aliphatic heterocycles. The number of carbonyl (C=O) groups is 1.